The summed E-state index contributed by atoms with van der Waals surface area (Å²) in [5.74, 6) is -0.551. The Bertz CT molecular complexity index is 1360. The summed E-state index contributed by atoms with van der Waals surface area (Å²) in [6, 6.07) is 7.73. The second-order valence-corrected chi connectivity index (χ2v) is 8.71. The molecule has 8 nitrogen and oxygen atoms in total. The van der Waals surface area contributed by atoms with E-state index in [4.69, 9.17) is 4.74 Å². The fourth-order valence-corrected chi connectivity index (χ4v) is 4.67. The van der Waals surface area contributed by atoms with E-state index in [0.717, 1.165) is 27.1 Å². The molecular formula is C23H23N5O3S. The van der Waals surface area contributed by atoms with Crippen LogP contribution in [0.3, 0.4) is 0 Å². The summed E-state index contributed by atoms with van der Waals surface area (Å²) in [5.41, 5.74) is 5.12. The minimum atomic E-state index is -0.472. The monoisotopic (exact) mass is 449 g/mol. The fourth-order valence-electron chi connectivity index (χ4n) is 3.62. The lowest BCUT2D eigenvalue weighted by molar-refractivity contribution is 0.0529. The van der Waals surface area contributed by atoms with E-state index in [0.29, 0.717) is 22.0 Å². The zero-order chi connectivity index (χ0) is 23.0. The Morgan fingerprint density at radius 1 is 1.16 bits per heavy atom. The van der Waals surface area contributed by atoms with Crippen LogP contribution >= 0.6 is 11.3 Å². The van der Waals surface area contributed by atoms with E-state index in [-0.39, 0.29) is 12.3 Å². The van der Waals surface area contributed by atoms with Crippen molar-refractivity contribution in [3.63, 3.8) is 0 Å². The number of esters is 1. The fraction of sp³-hybridized carbons (Fsp3) is 0.261. The Morgan fingerprint density at radius 3 is 2.69 bits per heavy atom. The molecule has 0 atom stereocenters. The van der Waals surface area contributed by atoms with Gasteiger partial charge in [0, 0.05) is 16.1 Å². The molecule has 1 amide bonds. The Labute approximate surface area is 189 Å². The number of nitrogens with one attached hydrogen (secondary N) is 1. The molecule has 0 bridgehead atoms. The van der Waals surface area contributed by atoms with Crippen LogP contribution < -0.4 is 5.32 Å². The molecule has 1 N–H and O–H groups in total. The van der Waals surface area contributed by atoms with Crippen LogP contribution in [0.5, 0.6) is 0 Å². The molecule has 1 aromatic carbocycles. The smallest absolute Gasteiger partial charge is 0.341 e. The molecule has 32 heavy (non-hydrogen) atoms. The molecule has 164 valence electrons. The Balaban J connectivity index is 1.84. The Hall–Kier alpha value is -3.59. The standard InChI is InChI=1S/C23H23N5O3S/c1-6-31-22(30)19-18(16-9-12(2)7-8-13(16)3)15(5)32-21(19)27-20(29)17-10-14(4)26-23-24-11-25-28(17)23/h7-11H,6H2,1-5H3,(H,27,29). The van der Waals surface area contributed by atoms with Crippen molar-refractivity contribution >= 4 is 34.0 Å². The van der Waals surface area contributed by atoms with Crippen molar-refractivity contribution in [3.8, 4) is 11.1 Å². The van der Waals surface area contributed by atoms with Crippen LogP contribution in [0.1, 0.15) is 49.5 Å². The number of hydrogen-bond acceptors (Lipinski definition) is 7. The van der Waals surface area contributed by atoms with Gasteiger partial charge in [-0.2, -0.15) is 14.6 Å². The minimum absolute atomic E-state index is 0.233. The summed E-state index contributed by atoms with van der Waals surface area (Å²) in [5, 5.41) is 7.43. The molecule has 0 saturated heterocycles. The van der Waals surface area contributed by atoms with Crippen molar-refractivity contribution in [2.45, 2.75) is 34.6 Å². The maximum absolute atomic E-state index is 13.2. The average molecular weight is 450 g/mol. The van der Waals surface area contributed by atoms with Crippen LogP contribution in [0, 0.1) is 27.7 Å². The first kappa shape index (κ1) is 21.6. The molecule has 0 aliphatic heterocycles. The molecule has 4 aromatic rings. The molecule has 0 radical (unpaired) electrons. The number of hydrogen-bond donors (Lipinski definition) is 1. The first-order chi connectivity index (χ1) is 15.3. The third-order valence-corrected chi connectivity index (χ3v) is 6.09. The highest BCUT2D eigenvalue weighted by molar-refractivity contribution is 7.17. The van der Waals surface area contributed by atoms with Gasteiger partial charge in [-0.25, -0.2) is 9.78 Å². The lowest BCUT2D eigenvalue weighted by Gasteiger charge is -2.12. The van der Waals surface area contributed by atoms with Gasteiger partial charge in [-0.1, -0.05) is 23.8 Å². The number of anilines is 1. The van der Waals surface area contributed by atoms with Gasteiger partial charge in [-0.05, 0) is 51.8 Å². The van der Waals surface area contributed by atoms with Gasteiger partial charge in [-0.3, -0.25) is 4.79 Å². The summed E-state index contributed by atoms with van der Waals surface area (Å²) in [6.07, 6.45) is 1.34. The highest BCUT2D eigenvalue weighted by atomic mass is 32.1. The summed E-state index contributed by atoms with van der Waals surface area (Å²) in [7, 11) is 0. The number of aryl methyl sites for hydroxylation is 4. The number of thiophene rings is 1. The predicted molar refractivity (Wildman–Crippen MR) is 123 cm³/mol. The van der Waals surface area contributed by atoms with Crippen LogP contribution in [-0.2, 0) is 4.74 Å². The largest absolute Gasteiger partial charge is 0.462 e. The van der Waals surface area contributed by atoms with Crippen LogP contribution in [0.15, 0.2) is 30.6 Å². The van der Waals surface area contributed by atoms with Crippen molar-refractivity contribution in [3.05, 3.63) is 63.5 Å². The van der Waals surface area contributed by atoms with Gasteiger partial charge >= 0.3 is 5.97 Å². The van der Waals surface area contributed by atoms with Crippen LogP contribution in [0.25, 0.3) is 16.9 Å². The van der Waals surface area contributed by atoms with E-state index >= 15 is 0 Å². The predicted octanol–water partition coefficient (Wildman–Crippen LogP) is 4.52. The zero-order valence-electron chi connectivity index (χ0n) is 18.5. The summed E-state index contributed by atoms with van der Waals surface area (Å²) in [4.78, 5) is 35.5. The SMILES string of the molecule is CCOC(=O)c1c(NC(=O)c2cc(C)nc3ncnn23)sc(C)c1-c1cc(C)ccc1C. The number of carbonyl (C=O) groups is 2. The third kappa shape index (κ3) is 3.87. The lowest BCUT2D eigenvalue weighted by atomic mass is 9.95. The van der Waals surface area contributed by atoms with Crippen LogP contribution in [0.4, 0.5) is 5.00 Å². The number of nitrogens with zero attached hydrogens (tertiary/aromatic N) is 4. The van der Waals surface area contributed by atoms with Crippen molar-refractivity contribution in [1.29, 1.82) is 0 Å². The van der Waals surface area contributed by atoms with Gasteiger partial charge < -0.3 is 10.1 Å². The number of amides is 1. The maximum atomic E-state index is 13.2. The number of rotatable bonds is 5. The van der Waals surface area contributed by atoms with Crippen LogP contribution in [0.2, 0.25) is 0 Å². The van der Waals surface area contributed by atoms with E-state index in [1.807, 2.05) is 39.0 Å². The highest BCUT2D eigenvalue weighted by Gasteiger charge is 2.27. The summed E-state index contributed by atoms with van der Waals surface area (Å²) >= 11 is 1.35. The number of ether oxygens (including phenoxy) is 1. The number of aromatic nitrogens is 4. The Kier molecular flexibility index (Phi) is 5.75. The molecule has 0 fully saturated rings. The third-order valence-electron chi connectivity index (χ3n) is 5.07. The summed E-state index contributed by atoms with van der Waals surface area (Å²) < 4.78 is 6.73. The maximum Gasteiger partial charge on any atom is 0.341 e. The van der Waals surface area contributed by atoms with Gasteiger partial charge in [-0.15, -0.1) is 11.3 Å². The van der Waals surface area contributed by atoms with Gasteiger partial charge in [0.05, 0.1) is 6.61 Å². The van der Waals surface area contributed by atoms with Crippen molar-refractivity contribution in [2.75, 3.05) is 11.9 Å². The molecular weight excluding hydrogens is 426 g/mol. The van der Waals surface area contributed by atoms with Crippen molar-refractivity contribution < 1.29 is 14.3 Å². The molecule has 0 spiro atoms. The molecule has 0 aliphatic rings. The normalized spacial score (nSPS) is 11.0. The second kappa shape index (κ2) is 8.51. The van der Waals surface area contributed by atoms with Gasteiger partial charge in [0.25, 0.3) is 11.7 Å². The van der Waals surface area contributed by atoms with Crippen molar-refractivity contribution in [2.24, 2.45) is 0 Å². The quantitative estimate of drug-likeness (QED) is 0.450. The molecule has 9 heteroatoms. The molecule has 3 heterocycles. The average Bonchev–Trinajstić information content (AvgIpc) is 3.33. The van der Waals surface area contributed by atoms with Crippen molar-refractivity contribution in [1.82, 2.24) is 19.6 Å². The molecule has 0 unspecified atom stereocenters. The number of benzene rings is 1. The molecule has 3 aromatic heterocycles. The minimum Gasteiger partial charge on any atom is -0.462 e. The first-order valence-electron chi connectivity index (χ1n) is 10.2. The van der Waals surface area contributed by atoms with Gasteiger partial charge in [0.1, 0.15) is 22.6 Å². The van der Waals surface area contributed by atoms with Gasteiger partial charge in [0.2, 0.25) is 0 Å². The highest BCUT2D eigenvalue weighted by Crippen LogP contribution is 2.42. The number of carbonyl (C=O) groups excluding carboxylic acids is 2. The zero-order valence-corrected chi connectivity index (χ0v) is 19.3. The first-order valence-corrected chi connectivity index (χ1v) is 11.0. The van der Waals surface area contributed by atoms with Gasteiger partial charge in [0.15, 0.2) is 0 Å². The Morgan fingerprint density at radius 2 is 1.94 bits per heavy atom. The van der Waals surface area contributed by atoms with E-state index in [2.05, 4.69) is 20.4 Å². The number of fused-ring (bicyclic) bond motifs is 1. The molecule has 0 aliphatic carbocycles. The van der Waals surface area contributed by atoms with E-state index in [9.17, 15) is 9.59 Å². The molecule has 4 rings (SSSR count). The van der Waals surface area contributed by atoms with Crippen LogP contribution in [-0.4, -0.2) is 38.1 Å². The van der Waals surface area contributed by atoms with E-state index < -0.39 is 11.9 Å². The summed E-state index contributed by atoms with van der Waals surface area (Å²) in [6.45, 7) is 9.72. The molecule has 0 saturated carbocycles. The topological polar surface area (TPSA) is 98.5 Å². The lowest BCUT2D eigenvalue weighted by Crippen LogP contribution is -2.19. The van der Waals surface area contributed by atoms with E-state index in [1.54, 1.807) is 19.9 Å². The second-order valence-electron chi connectivity index (χ2n) is 7.48. The van der Waals surface area contributed by atoms with E-state index in [1.165, 1.54) is 22.2 Å².